The molecule has 1 aromatic carbocycles. The van der Waals surface area contributed by atoms with Gasteiger partial charge >= 0.3 is 0 Å². The first-order valence-electron chi connectivity index (χ1n) is 6.31. The minimum absolute atomic E-state index is 0.00716. The van der Waals surface area contributed by atoms with Gasteiger partial charge in [-0.2, -0.15) is 0 Å². The zero-order valence-corrected chi connectivity index (χ0v) is 11.8. The molecule has 0 radical (unpaired) electrons. The van der Waals surface area contributed by atoms with Gasteiger partial charge in [0, 0.05) is 31.9 Å². The van der Waals surface area contributed by atoms with Gasteiger partial charge in [-0.3, -0.25) is 9.69 Å². The fraction of sp³-hybridized carbons (Fsp3) is 0.462. The van der Waals surface area contributed by atoms with E-state index in [1.807, 2.05) is 0 Å². The van der Waals surface area contributed by atoms with Crippen molar-refractivity contribution in [3.05, 3.63) is 24.3 Å². The van der Waals surface area contributed by atoms with E-state index in [9.17, 15) is 9.35 Å². The van der Waals surface area contributed by atoms with Crippen LogP contribution in [0.5, 0.6) is 0 Å². The van der Waals surface area contributed by atoms with Gasteiger partial charge in [-0.25, -0.2) is 0 Å². The molecule has 6 heteroatoms. The zero-order chi connectivity index (χ0) is 13.7. The highest BCUT2D eigenvalue weighted by molar-refractivity contribution is 7.90. The summed E-state index contributed by atoms with van der Waals surface area (Å²) in [5.41, 5.74) is 0.745. The first-order chi connectivity index (χ1) is 9.15. The Balaban J connectivity index is 1.84. The van der Waals surface area contributed by atoms with Crippen LogP contribution >= 0.6 is 0 Å². The van der Waals surface area contributed by atoms with Crippen molar-refractivity contribution in [1.29, 1.82) is 0 Å². The van der Waals surface area contributed by atoms with Crippen LogP contribution in [0, 0.1) is 0 Å². The molecule has 2 rings (SSSR count). The average Bonchev–Trinajstić information content (AvgIpc) is 2.40. The van der Waals surface area contributed by atoms with Crippen LogP contribution in [0.4, 0.5) is 5.69 Å². The summed E-state index contributed by atoms with van der Waals surface area (Å²) in [6.07, 6.45) is 1.64. The maximum Gasteiger partial charge on any atom is 0.238 e. The maximum atomic E-state index is 11.9. The minimum Gasteiger partial charge on any atom is -0.612 e. The summed E-state index contributed by atoms with van der Waals surface area (Å²) >= 11 is -0.983. The topological polar surface area (TPSA) is 67.4 Å². The van der Waals surface area contributed by atoms with Gasteiger partial charge in [0.05, 0.1) is 6.54 Å². The van der Waals surface area contributed by atoms with Gasteiger partial charge in [-0.1, -0.05) is 0 Å². The molecule has 1 saturated heterocycles. The number of rotatable bonds is 4. The van der Waals surface area contributed by atoms with Crippen LogP contribution in [0.2, 0.25) is 0 Å². The fourth-order valence-electron chi connectivity index (χ4n) is 2.00. The molecule has 1 aliphatic heterocycles. The Bertz CT molecular complexity index is 416. The second kappa shape index (κ2) is 6.91. The predicted octanol–water partition coefficient (Wildman–Crippen LogP) is 0.268. The molecule has 1 amide bonds. The molecule has 0 aromatic heterocycles. The van der Waals surface area contributed by atoms with Crippen molar-refractivity contribution < 1.29 is 9.35 Å². The van der Waals surface area contributed by atoms with E-state index in [0.29, 0.717) is 6.54 Å². The van der Waals surface area contributed by atoms with Crippen molar-refractivity contribution in [3.63, 3.8) is 0 Å². The largest absolute Gasteiger partial charge is 0.612 e. The molecule has 1 unspecified atom stereocenters. The molecular weight excluding hydrogens is 262 g/mol. The smallest absolute Gasteiger partial charge is 0.238 e. The van der Waals surface area contributed by atoms with E-state index in [1.54, 1.807) is 30.5 Å². The molecule has 1 atom stereocenters. The second-order valence-electron chi connectivity index (χ2n) is 4.55. The van der Waals surface area contributed by atoms with Crippen LogP contribution in [0.15, 0.2) is 29.2 Å². The van der Waals surface area contributed by atoms with Crippen LogP contribution in [0.1, 0.15) is 0 Å². The summed E-state index contributed by atoms with van der Waals surface area (Å²) in [5.74, 6) is -0.00716. The van der Waals surface area contributed by atoms with E-state index in [2.05, 4.69) is 15.5 Å². The van der Waals surface area contributed by atoms with E-state index in [-0.39, 0.29) is 5.91 Å². The summed E-state index contributed by atoms with van der Waals surface area (Å²) in [5, 5.41) is 6.11. The Morgan fingerprint density at radius 1 is 1.37 bits per heavy atom. The highest BCUT2D eigenvalue weighted by Gasteiger charge is 2.13. The lowest BCUT2D eigenvalue weighted by Gasteiger charge is -2.26. The number of nitrogens with zero attached hydrogens (tertiary/aromatic N) is 1. The van der Waals surface area contributed by atoms with E-state index >= 15 is 0 Å². The van der Waals surface area contributed by atoms with Gasteiger partial charge in [0.15, 0.2) is 4.90 Å². The summed E-state index contributed by atoms with van der Waals surface area (Å²) in [6.45, 7) is 4.10. The molecule has 0 aliphatic carbocycles. The third-order valence-corrected chi connectivity index (χ3v) is 3.98. The SMILES string of the molecule is C[S+]([O-])c1ccc(NC(=O)CN2CCNCC2)cc1. The van der Waals surface area contributed by atoms with Crippen molar-refractivity contribution >= 4 is 22.8 Å². The van der Waals surface area contributed by atoms with Crippen molar-refractivity contribution in [3.8, 4) is 0 Å². The van der Waals surface area contributed by atoms with Crippen LogP contribution in [0.3, 0.4) is 0 Å². The molecule has 1 aliphatic rings. The first-order valence-corrected chi connectivity index (χ1v) is 7.87. The quantitative estimate of drug-likeness (QED) is 0.777. The number of nitrogens with one attached hydrogen (secondary N) is 2. The van der Waals surface area contributed by atoms with Crippen molar-refractivity contribution in [1.82, 2.24) is 10.2 Å². The normalized spacial score (nSPS) is 18.0. The number of hydrogen-bond donors (Lipinski definition) is 2. The Kier molecular flexibility index (Phi) is 5.21. The summed E-state index contributed by atoms with van der Waals surface area (Å²) in [7, 11) is 0. The predicted molar refractivity (Wildman–Crippen MR) is 76.7 cm³/mol. The molecule has 0 saturated carbocycles. The average molecular weight is 281 g/mol. The third kappa shape index (κ3) is 4.50. The molecule has 1 fully saturated rings. The van der Waals surface area contributed by atoms with E-state index in [4.69, 9.17) is 0 Å². The number of anilines is 1. The summed E-state index contributed by atoms with van der Waals surface area (Å²) in [4.78, 5) is 14.8. The molecule has 104 valence electrons. The van der Waals surface area contributed by atoms with Crippen LogP contribution in [0.25, 0.3) is 0 Å². The fourth-order valence-corrected chi connectivity index (χ4v) is 2.52. The van der Waals surface area contributed by atoms with Crippen molar-refractivity contribution in [2.24, 2.45) is 0 Å². The minimum atomic E-state index is -0.983. The summed E-state index contributed by atoms with van der Waals surface area (Å²) in [6, 6.07) is 7.12. The molecule has 2 N–H and O–H groups in total. The van der Waals surface area contributed by atoms with Crippen LogP contribution in [-0.2, 0) is 16.0 Å². The number of carbonyl (C=O) groups is 1. The third-order valence-electron chi connectivity index (χ3n) is 3.05. The van der Waals surface area contributed by atoms with Crippen LogP contribution in [-0.4, -0.2) is 54.3 Å². The lowest BCUT2D eigenvalue weighted by atomic mass is 10.3. The van der Waals surface area contributed by atoms with Gasteiger partial charge in [0.25, 0.3) is 0 Å². The molecule has 5 nitrogen and oxygen atoms in total. The Morgan fingerprint density at radius 2 is 2.00 bits per heavy atom. The number of carbonyl (C=O) groups excluding carboxylic acids is 1. The highest BCUT2D eigenvalue weighted by atomic mass is 32.2. The molecule has 19 heavy (non-hydrogen) atoms. The van der Waals surface area contributed by atoms with Gasteiger partial charge in [0.2, 0.25) is 5.91 Å². The monoisotopic (exact) mass is 281 g/mol. The Labute approximate surface area is 116 Å². The lowest BCUT2D eigenvalue weighted by molar-refractivity contribution is -0.117. The molecule has 1 aromatic rings. The number of benzene rings is 1. The van der Waals surface area contributed by atoms with E-state index < -0.39 is 11.2 Å². The summed E-state index contributed by atoms with van der Waals surface area (Å²) < 4.78 is 11.3. The number of piperazine rings is 1. The molecule has 0 bridgehead atoms. The molecule has 1 heterocycles. The Morgan fingerprint density at radius 3 is 2.58 bits per heavy atom. The maximum absolute atomic E-state index is 11.9. The molecule has 0 spiro atoms. The van der Waals surface area contributed by atoms with Gasteiger partial charge in [-0.05, 0) is 35.4 Å². The van der Waals surface area contributed by atoms with Gasteiger partial charge < -0.3 is 15.2 Å². The number of hydrogen-bond acceptors (Lipinski definition) is 4. The van der Waals surface area contributed by atoms with Crippen molar-refractivity contribution in [2.75, 3.05) is 44.3 Å². The standard InChI is InChI=1S/C13H19N3O2S/c1-19(18)12-4-2-11(3-5-12)15-13(17)10-16-8-6-14-7-9-16/h2-5,14H,6-10H2,1H3,(H,15,17). The van der Waals surface area contributed by atoms with Crippen molar-refractivity contribution in [2.45, 2.75) is 4.90 Å². The Hall–Kier alpha value is -1.08. The second-order valence-corrected chi connectivity index (χ2v) is 5.93. The zero-order valence-electron chi connectivity index (χ0n) is 11.0. The molecular formula is C13H19N3O2S. The highest BCUT2D eigenvalue weighted by Crippen LogP contribution is 2.13. The van der Waals surface area contributed by atoms with Gasteiger partial charge in [0.1, 0.15) is 6.26 Å². The van der Waals surface area contributed by atoms with E-state index in [0.717, 1.165) is 36.8 Å². The number of amides is 1. The van der Waals surface area contributed by atoms with Crippen LogP contribution < -0.4 is 10.6 Å². The lowest BCUT2D eigenvalue weighted by Crippen LogP contribution is -2.46. The van der Waals surface area contributed by atoms with Gasteiger partial charge in [-0.15, -0.1) is 0 Å². The van der Waals surface area contributed by atoms with E-state index in [1.165, 1.54) is 0 Å². The first kappa shape index (κ1) is 14.3.